The molecule has 0 spiro atoms. The summed E-state index contributed by atoms with van der Waals surface area (Å²) in [6, 6.07) is 9.76. The van der Waals surface area contributed by atoms with Gasteiger partial charge in [-0.15, -0.1) is 0 Å². The molecule has 1 heterocycles. The number of benzene rings is 1. The maximum atomic E-state index is 12.1. The molecule has 0 saturated carbocycles. The molecule has 2 aromatic rings. The lowest BCUT2D eigenvalue weighted by molar-refractivity contribution is 0.233. The maximum Gasteiger partial charge on any atom is 0.315 e. The van der Waals surface area contributed by atoms with Gasteiger partial charge in [0, 0.05) is 18.9 Å². The summed E-state index contributed by atoms with van der Waals surface area (Å²) in [4.78, 5) is 16.4. The molecule has 0 bridgehead atoms. The smallest absolute Gasteiger partial charge is 0.315 e. The summed E-state index contributed by atoms with van der Waals surface area (Å²) in [6.45, 7) is 8.64. The first kappa shape index (κ1) is 18.0. The van der Waals surface area contributed by atoms with Gasteiger partial charge in [0.15, 0.2) is 5.82 Å². The topological polar surface area (TPSA) is 80.0 Å². The first-order valence-corrected chi connectivity index (χ1v) is 8.39. The number of rotatable bonds is 7. The van der Waals surface area contributed by atoms with Crippen LogP contribution >= 0.6 is 0 Å². The summed E-state index contributed by atoms with van der Waals surface area (Å²) in [5, 5.41) is 9.78. The van der Waals surface area contributed by atoms with Gasteiger partial charge in [-0.25, -0.2) is 4.79 Å². The summed E-state index contributed by atoms with van der Waals surface area (Å²) < 4.78 is 5.16. The van der Waals surface area contributed by atoms with E-state index in [1.54, 1.807) is 0 Å². The van der Waals surface area contributed by atoms with Gasteiger partial charge in [-0.3, -0.25) is 0 Å². The highest BCUT2D eigenvalue weighted by molar-refractivity contribution is 5.74. The molecule has 0 radical (unpaired) electrons. The molecule has 130 valence electrons. The SMILES string of the molecule is CC(C)c1noc(CCNC(=O)NC(c2ccccc2)C(C)C)n1. The second-order valence-electron chi connectivity index (χ2n) is 6.48. The van der Waals surface area contributed by atoms with Gasteiger partial charge in [-0.2, -0.15) is 4.98 Å². The van der Waals surface area contributed by atoms with E-state index in [1.807, 2.05) is 44.2 Å². The zero-order valence-electron chi connectivity index (χ0n) is 14.7. The van der Waals surface area contributed by atoms with Crippen LogP contribution in [0, 0.1) is 5.92 Å². The Kier molecular flexibility index (Phi) is 6.35. The third-order valence-electron chi connectivity index (χ3n) is 3.74. The van der Waals surface area contributed by atoms with E-state index < -0.39 is 0 Å². The van der Waals surface area contributed by atoms with Gasteiger partial charge in [0.25, 0.3) is 0 Å². The molecular formula is C18H26N4O2. The van der Waals surface area contributed by atoms with Crippen molar-refractivity contribution in [2.24, 2.45) is 5.92 Å². The number of nitrogens with one attached hydrogen (secondary N) is 2. The standard InChI is InChI=1S/C18H26N4O2/c1-12(2)16(14-8-6-5-7-9-14)21-18(23)19-11-10-15-20-17(13(3)4)22-24-15/h5-9,12-13,16H,10-11H2,1-4H3,(H2,19,21,23). The first-order chi connectivity index (χ1) is 11.5. The minimum atomic E-state index is -0.193. The van der Waals surface area contributed by atoms with Crippen LogP contribution in [0.5, 0.6) is 0 Å². The molecule has 0 fully saturated rings. The van der Waals surface area contributed by atoms with Crippen molar-refractivity contribution in [2.45, 2.75) is 46.1 Å². The minimum absolute atomic E-state index is 0.0258. The van der Waals surface area contributed by atoms with Gasteiger partial charge in [0.2, 0.25) is 5.89 Å². The van der Waals surface area contributed by atoms with Crippen molar-refractivity contribution in [1.82, 2.24) is 20.8 Å². The van der Waals surface area contributed by atoms with Crippen LogP contribution in [0.2, 0.25) is 0 Å². The van der Waals surface area contributed by atoms with Crippen LogP contribution < -0.4 is 10.6 Å². The van der Waals surface area contributed by atoms with Gasteiger partial charge in [0.05, 0.1) is 6.04 Å². The number of carbonyl (C=O) groups excluding carboxylic acids is 1. The number of amides is 2. The van der Waals surface area contributed by atoms with Crippen LogP contribution in [-0.4, -0.2) is 22.7 Å². The normalized spacial score (nSPS) is 12.4. The van der Waals surface area contributed by atoms with E-state index in [4.69, 9.17) is 4.52 Å². The van der Waals surface area contributed by atoms with Gasteiger partial charge < -0.3 is 15.2 Å². The van der Waals surface area contributed by atoms with E-state index in [1.165, 1.54) is 0 Å². The third kappa shape index (κ3) is 5.08. The molecule has 1 aromatic heterocycles. The van der Waals surface area contributed by atoms with Gasteiger partial charge in [-0.1, -0.05) is 63.2 Å². The fourth-order valence-electron chi connectivity index (χ4n) is 2.37. The summed E-state index contributed by atoms with van der Waals surface area (Å²) >= 11 is 0. The lowest BCUT2D eigenvalue weighted by Gasteiger charge is -2.23. The maximum absolute atomic E-state index is 12.1. The highest BCUT2D eigenvalue weighted by atomic mass is 16.5. The largest absolute Gasteiger partial charge is 0.339 e. The van der Waals surface area contributed by atoms with Crippen LogP contribution in [0.3, 0.4) is 0 Å². The molecule has 2 amide bonds. The first-order valence-electron chi connectivity index (χ1n) is 8.39. The second kappa shape index (κ2) is 8.47. The molecule has 0 aliphatic heterocycles. The van der Waals surface area contributed by atoms with E-state index in [9.17, 15) is 4.79 Å². The zero-order chi connectivity index (χ0) is 17.5. The molecule has 6 heteroatoms. The van der Waals surface area contributed by atoms with Gasteiger partial charge >= 0.3 is 6.03 Å². The van der Waals surface area contributed by atoms with Crippen LogP contribution in [0.4, 0.5) is 4.79 Å². The molecule has 6 nitrogen and oxygen atoms in total. The van der Waals surface area contributed by atoms with Crippen molar-refractivity contribution in [3.05, 3.63) is 47.6 Å². The Balaban J connectivity index is 1.83. The van der Waals surface area contributed by atoms with E-state index in [-0.39, 0.29) is 18.0 Å². The van der Waals surface area contributed by atoms with Crippen LogP contribution in [-0.2, 0) is 6.42 Å². The lowest BCUT2D eigenvalue weighted by atomic mass is 9.96. The Bertz CT molecular complexity index is 637. The van der Waals surface area contributed by atoms with Crippen molar-refractivity contribution in [3.63, 3.8) is 0 Å². The molecule has 0 aliphatic carbocycles. The molecule has 1 atom stereocenters. The number of hydrogen-bond donors (Lipinski definition) is 2. The zero-order valence-corrected chi connectivity index (χ0v) is 14.7. The number of carbonyl (C=O) groups is 1. The van der Waals surface area contributed by atoms with Crippen molar-refractivity contribution in [1.29, 1.82) is 0 Å². The molecule has 0 aliphatic rings. The highest BCUT2D eigenvalue weighted by Crippen LogP contribution is 2.20. The summed E-state index contributed by atoms with van der Waals surface area (Å²) in [5.41, 5.74) is 1.10. The molecular weight excluding hydrogens is 304 g/mol. The van der Waals surface area contributed by atoms with Crippen molar-refractivity contribution >= 4 is 6.03 Å². The predicted molar refractivity (Wildman–Crippen MR) is 92.6 cm³/mol. The van der Waals surface area contributed by atoms with Crippen LogP contribution in [0.1, 0.15) is 56.9 Å². The third-order valence-corrected chi connectivity index (χ3v) is 3.74. The molecule has 2 rings (SSSR count). The Labute approximate surface area is 143 Å². The number of hydrogen-bond acceptors (Lipinski definition) is 4. The van der Waals surface area contributed by atoms with Gasteiger partial charge in [0.1, 0.15) is 0 Å². The number of aromatic nitrogens is 2. The van der Waals surface area contributed by atoms with E-state index in [0.717, 1.165) is 5.56 Å². The summed E-state index contributed by atoms with van der Waals surface area (Å²) in [6.07, 6.45) is 0.519. The van der Waals surface area contributed by atoms with Crippen molar-refractivity contribution < 1.29 is 9.32 Å². The van der Waals surface area contributed by atoms with Crippen molar-refractivity contribution in [3.8, 4) is 0 Å². The summed E-state index contributed by atoms with van der Waals surface area (Å²) in [7, 11) is 0. The number of nitrogens with zero attached hydrogens (tertiary/aromatic N) is 2. The fraction of sp³-hybridized carbons (Fsp3) is 0.500. The van der Waals surface area contributed by atoms with E-state index >= 15 is 0 Å². The monoisotopic (exact) mass is 330 g/mol. The second-order valence-corrected chi connectivity index (χ2v) is 6.48. The van der Waals surface area contributed by atoms with E-state index in [2.05, 4.69) is 34.6 Å². The Morgan fingerprint density at radius 3 is 2.46 bits per heavy atom. The minimum Gasteiger partial charge on any atom is -0.339 e. The van der Waals surface area contributed by atoms with Gasteiger partial charge in [-0.05, 0) is 11.5 Å². The predicted octanol–water partition coefficient (Wildman–Crippen LogP) is 3.43. The average molecular weight is 330 g/mol. The highest BCUT2D eigenvalue weighted by Gasteiger charge is 2.18. The van der Waals surface area contributed by atoms with Crippen LogP contribution in [0.25, 0.3) is 0 Å². The number of urea groups is 1. The quantitative estimate of drug-likeness (QED) is 0.815. The van der Waals surface area contributed by atoms with E-state index in [0.29, 0.717) is 30.6 Å². The lowest BCUT2D eigenvalue weighted by Crippen LogP contribution is -2.40. The molecule has 0 saturated heterocycles. The van der Waals surface area contributed by atoms with Crippen LogP contribution in [0.15, 0.2) is 34.9 Å². The Hall–Kier alpha value is -2.37. The van der Waals surface area contributed by atoms with Crippen molar-refractivity contribution in [2.75, 3.05) is 6.54 Å². The summed E-state index contributed by atoms with van der Waals surface area (Å²) in [5.74, 6) is 1.76. The Morgan fingerprint density at radius 2 is 1.88 bits per heavy atom. The molecule has 1 unspecified atom stereocenters. The average Bonchev–Trinajstić information content (AvgIpc) is 3.02. The Morgan fingerprint density at radius 1 is 1.17 bits per heavy atom. The molecule has 24 heavy (non-hydrogen) atoms. The molecule has 1 aromatic carbocycles. The molecule has 2 N–H and O–H groups in total. The fourth-order valence-corrected chi connectivity index (χ4v) is 2.37.